The first-order valence-corrected chi connectivity index (χ1v) is 6.81. The topological polar surface area (TPSA) is 66.6 Å². The third-order valence-electron chi connectivity index (χ3n) is 3.68. The average Bonchev–Trinajstić information content (AvgIpc) is 3.09. The van der Waals surface area contributed by atoms with E-state index >= 15 is 0 Å². The molecule has 1 aliphatic heterocycles. The summed E-state index contributed by atoms with van der Waals surface area (Å²) in [6, 6.07) is 5.82. The van der Waals surface area contributed by atoms with Crippen LogP contribution in [0.25, 0.3) is 11.3 Å². The molecule has 0 saturated carbocycles. The number of benzene rings is 1. The number of oxazole rings is 1. The van der Waals surface area contributed by atoms with Crippen LogP contribution in [0.3, 0.4) is 0 Å². The number of nitrogens with zero attached hydrogens (tertiary/aromatic N) is 2. The first-order chi connectivity index (χ1) is 10.1. The van der Waals surface area contributed by atoms with Gasteiger partial charge in [-0.15, -0.1) is 0 Å². The summed E-state index contributed by atoms with van der Waals surface area (Å²) >= 11 is 0. The van der Waals surface area contributed by atoms with Gasteiger partial charge in [-0.1, -0.05) is 12.1 Å². The van der Waals surface area contributed by atoms with Gasteiger partial charge in [0.25, 0.3) is 0 Å². The Kier molecular flexibility index (Phi) is 3.70. The zero-order chi connectivity index (χ0) is 14.8. The molecule has 21 heavy (non-hydrogen) atoms. The largest absolute Gasteiger partial charge is 0.480 e. The van der Waals surface area contributed by atoms with E-state index < -0.39 is 12.0 Å². The van der Waals surface area contributed by atoms with Gasteiger partial charge in [-0.25, -0.2) is 9.37 Å². The third kappa shape index (κ3) is 2.80. The molecule has 1 N–H and O–H groups in total. The Bertz CT molecular complexity index is 656. The van der Waals surface area contributed by atoms with E-state index in [1.807, 2.05) is 4.90 Å². The Labute approximate surface area is 121 Å². The van der Waals surface area contributed by atoms with Gasteiger partial charge in [0.1, 0.15) is 11.9 Å². The molecular weight excluding hydrogens is 275 g/mol. The number of aliphatic carboxylic acids is 1. The predicted molar refractivity (Wildman–Crippen MR) is 73.0 cm³/mol. The maximum atomic E-state index is 13.7. The molecule has 0 aliphatic carbocycles. The Balaban J connectivity index is 1.77. The third-order valence-corrected chi connectivity index (χ3v) is 3.68. The number of likely N-dealkylation sites (tertiary alicyclic amines) is 1. The molecule has 0 amide bonds. The molecule has 1 aliphatic rings. The molecule has 0 radical (unpaired) electrons. The van der Waals surface area contributed by atoms with Crippen molar-refractivity contribution in [3.8, 4) is 11.3 Å². The first-order valence-electron chi connectivity index (χ1n) is 6.81. The van der Waals surface area contributed by atoms with E-state index in [1.54, 1.807) is 18.2 Å². The van der Waals surface area contributed by atoms with Gasteiger partial charge in [0, 0.05) is 0 Å². The van der Waals surface area contributed by atoms with E-state index in [1.165, 1.54) is 12.3 Å². The van der Waals surface area contributed by atoms with Crippen LogP contribution in [0.1, 0.15) is 18.7 Å². The van der Waals surface area contributed by atoms with Gasteiger partial charge in [0.05, 0.1) is 18.3 Å². The molecule has 2 aromatic rings. The van der Waals surface area contributed by atoms with Gasteiger partial charge in [0.2, 0.25) is 5.89 Å². The van der Waals surface area contributed by atoms with Crippen LogP contribution in [0.15, 0.2) is 34.9 Å². The minimum atomic E-state index is -0.826. The zero-order valence-corrected chi connectivity index (χ0v) is 11.3. The van der Waals surface area contributed by atoms with E-state index in [-0.39, 0.29) is 5.82 Å². The Morgan fingerprint density at radius 2 is 2.29 bits per heavy atom. The maximum absolute atomic E-state index is 13.7. The molecule has 1 aromatic carbocycles. The van der Waals surface area contributed by atoms with Crippen LogP contribution in [0.4, 0.5) is 4.39 Å². The van der Waals surface area contributed by atoms with E-state index in [9.17, 15) is 9.18 Å². The second-order valence-electron chi connectivity index (χ2n) is 5.06. The summed E-state index contributed by atoms with van der Waals surface area (Å²) in [5.41, 5.74) is 0.354. The van der Waals surface area contributed by atoms with Gasteiger partial charge in [-0.3, -0.25) is 9.69 Å². The number of aromatic nitrogens is 1. The van der Waals surface area contributed by atoms with Crippen molar-refractivity contribution in [1.82, 2.24) is 9.88 Å². The minimum Gasteiger partial charge on any atom is -0.480 e. The number of carboxylic acids is 1. The highest BCUT2D eigenvalue weighted by molar-refractivity contribution is 5.73. The van der Waals surface area contributed by atoms with Gasteiger partial charge < -0.3 is 9.52 Å². The standard InChI is InChI=1S/C15H15FN2O3/c16-11-5-2-1-4-10(11)13-8-17-14(21-13)9-18-7-3-6-12(18)15(19)20/h1-2,4-5,8,12H,3,6-7,9H2,(H,19,20). The number of hydrogen-bond donors (Lipinski definition) is 1. The molecule has 1 unspecified atom stereocenters. The first kappa shape index (κ1) is 13.8. The second kappa shape index (κ2) is 5.65. The fourth-order valence-corrected chi connectivity index (χ4v) is 2.64. The van der Waals surface area contributed by atoms with Crippen molar-refractivity contribution < 1.29 is 18.7 Å². The Morgan fingerprint density at radius 3 is 3.05 bits per heavy atom. The van der Waals surface area contributed by atoms with Crippen molar-refractivity contribution in [2.45, 2.75) is 25.4 Å². The highest BCUT2D eigenvalue weighted by Gasteiger charge is 2.31. The predicted octanol–water partition coefficient (Wildman–Crippen LogP) is 2.53. The van der Waals surface area contributed by atoms with Crippen molar-refractivity contribution in [2.24, 2.45) is 0 Å². The smallest absolute Gasteiger partial charge is 0.320 e. The molecule has 1 saturated heterocycles. The van der Waals surface area contributed by atoms with Crippen LogP contribution in [0, 0.1) is 5.82 Å². The lowest BCUT2D eigenvalue weighted by molar-refractivity contribution is -0.142. The summed E-state index contributed by atoms with van der Waals surface area (Å²) < 4.78 is 19.2. The van der Waals surface area contributed by atoms with Crippen molar-refractivity contribution >= 4 is 5.97 Å². The highest BCUT2D eigenvalue weighted by atomic mass is 19.1. The van der Waals surface area contributed by atoms with Gasteiger partial charge in [-0.05, 0) is 31.5 Å². The summed E-state index contributed by atoms with van der Waals surface area (Å²) in [6.07, 6.45) is 2.95. The number of rotatable bonds is 4. The van der Waals surface area contributed by atoms with E-state index in [0.29, 0.717) is 36.7 Å². The van der Waals surface area contributed by atoms with Crippen LogP contribution in [-0.2, 0) is 11.3 Å². The van der Waals surface area contributed by atoms with Crippen LogP contribution >= 0.6 is 0 Å². The fourth-order valence-electron chi connectivity index (χ4n) is 2.64. The number of carboxylic acid groups (broad SMARTS) is 1. The number of halogens is 1. The van der Waals surface area contributed by atoms with Crippen LogP contribution in [0.2, 0.25) is 0 Å². The summed E-state index contributed by atoms with van der Waals surface area (Å²) in [5.74, 6) is -0.436. The molecule has 1 atom stereocenters. The number of carbonyl (C=O) groups is 1. The van der Waals surface area contributed by atoms with Crippen LogP contribution < -0.4 is 0 Å². The van der Waals surface area contributed by atoms with Crippen molar-refractivity contribution in [3.05, 3.63) is 42.2 Å². The van der Waals surface area contributed by atoms with Gasteiger partial charge in [-0.2, -0.15) is 0 Å². The molecular formula is C15H15FN2O3. The van der Waals surface area contributed by atoms with Crippen LogP contribution in [0.5, 0.6) is 0 Å². The van der Waals surface area contributed by atoms with Crippen molar-refractivity contribution in [3.63, 3.8) is 0 Å². The van der Waals surface area contributed by atoms with E-state index in [0.717, 1.165) is 6.42 Å². The molecule has 1 aromatic heterocycles. The Morgan fingerprint density at radius 1 is 1.48 bits per heavy atom. The average molecular weight is 290 g/mol. The van der Waals surface area contributed by atoms with Crippen LogP contribution in [-0.4, -0.2) is 33.5 Å². The van der Waals surface area contributed by atoms with Crippen molar-refractivity contribution in [2.75, 3.05) is 6.54 Å². The molecule has 1 fully saturated rings. The normalized spacial score (nSPS) is 19.0. The van der Waals surface area contributed by atoms with E-state index in [2.05, 4.69) is 4.98 Å². The zero-order valence-electron chi connectivity index (χ0n) is 11.3. The quantitative estimate of drug-likeness (QED) is 0.937. The molecule has 2 heterocycles. The summed E-state index contributed by atoms with van der Waals surface area (Å²) in [7, 11) is 0. The lowest BCUT2D eigenvalue weighted by Gasteiger charge is -2.18. The van der Waals surface area contributed by atoms with E-state index in [4.69, 9.17) is 9.52 Å². The van der Waals surface area contributed by atoms with Crippen molar-refractivity contribution in [1.29, 1.82) is 0 Å². The molecule has 5 nitrogen and oxygen atoms in total. The summed E-state index contributed by atoms with van der Waals surface area (Å²) in [4.78, 5) is 17.1. The Hall–Kier alpha value is -2.21. The SMILES string of the molecule is O=C(O)C1CCCN1Cc1ncc(-c2ccccc2F)o1. The minimum absolute atomic E-state index is 0.325. The maximum Gasteiger partial charge on any atom is 0.320 e. The monoisotopic (exact) mass is 290 g/mol. The van der Waals surface area contributed by atoms with Gasteiger partial charge >= 0.3 is 5.97 Å². The molecule has 110 valence electrons. The fraction of sp³-hybridized carbons (Fsp3) is 0.333. The molecule has 3 rings (SSSR count). The molecule has 0 bridgehead atoms. The van der Waals surface area contributed by atoms with Gasteiger partial charge in [0.15, 0.2) is 5.76 Å². The number of hydrogen-bond acceptors (Lipinski definition) is 4. The highest BCUT2D eigenvalue weighted by Crippen LogP contribution is 2.25. The lowest BCUT2D eigenvalue weighted by atomic mass is 10.2. The second-order valence-corrected chi connectivity index (χ2v) is 5.06. The molecule has 0 spiro atoms. The summed E-state index contributed by atoms with van der Waals surface area (Å²) in [5, 5.41) is 9.14. The summed E-state index contributed by atoms with van der Waals surface area (Å²) in [6.45, 7) is 1.03. The molecule has 6 heteroatoms. The lowest BCUT2D eigenvalue weighted by Crippen LogP contribution is -2.35.